The number of fused-ring (bicyclic) bond motifs is 1. The van der Waals surface area contributed by atoms with Crippen molar-refractivity contribution in [1.82, 2.24) is 19.1 Å². The molecule has 3 aromatic heterocycles. The highest BCUT2D eigenvalue weighted by Gasteiger charge is 2.44. The Labute approximate surface area is 229 Å². The smallest absolute Gasteiger partial charge is 0.319 e. The highest BCUT2D eigenvalue weighted by molar-refractivity contribution is 6.30. The van der Waals surface area contributed by atoms with Gasteiger partial charge in [-0.3, -0.25) is 14.5 Å². The van der Waals surface area contributed by atoms with Gasteiger partial charge in [-0.25, -0.2) is 4.98 Å². The lowest BCUT2D eigenvalue weighted by molar-refractivity contribution is 0.0993. The molecule has 5 rings (SSSR count). The van der Waals surface area contributed by atoms with Crippen LogP contribution in [0, 0.1) is 11.3 Å². The summed E-state index contributed by atoms with van der Waals surface area (Å²) in [5, 5.41) is 9.35. The van der Waals surface area contributed by atoms with Crippen molar-refractivity contribution >= 4 is 23.2 Å². The number of amides is 1. The number of aryl methyl sites for hydroxylation is 1. The largest absolute Gasteiger partial charge is 0.480 e. The van der Waals surface area contributed by atoms with Crippen LogP contribution in [0.1, 0.15) is 53.1 Å². The Morgan fingerprint density at radius 1 is 1.08 bits per heavy atom. The van der Waals surface area contributed by atoms with Crippen molar-refractivity contribution in [2.24, 2.45) is 7.05 Å². The van der Waals surface area contributed by atoms with Gasteiger partial charge in [0.25, 0.3) is 11.5 Å². The van der Waals surface area contributed by atoms with E-state index in [1.807, 2.05) is 32.0 Å². The number of benzene rings is 1. The number of nitrogens with zero attached hydrogens (tertiary/aromatic N) is 6. The minimum absolute atomic E-state index is 0.00510. The lowest BCUT2D eigenvalue weighted by atomic mass is 10.0. The fourth-order valence-corrected chi connectivity index (χ4v) is 5.25. The van der Waals surface area contributed by atoms with Crippen molar-refractivity contribution < 1.29 is 14.3 Å². The van der Waals surface area contributed by atoms with Crippen LogP contribution in [0.25, 0.3) is 11.3 Å². The van der Waals surface area contributed by atoms with E-state index in [0.717, 1.165) is 11.3 Å². The Bertz CT molecular complexity index is 1670. The number of aromatic nitrogens is 4. The molecule has 39 heavy (non-hydrogen) atoms. The van der Waals surface area contributed by atoms with Crippen LogP contribution in [0.2, 0.25) is 5.02 Å². The van der Waals surface area contributed by atoms with E-state index in [2.05, 4.69) is 20.6 Å². The van der Waals surface area contributed by atoms with Gasteiger partial charge >= 0.3 is 6.01 Å². The number of methoxy groups -OCH3 is 2. The molecule has 1 atom stereocenters. The first-order chi connectivity index (χ1) is 18.7. The van der Waals surface area contributed by atoms with Gasteiger partial charge in [0.1, 0.15) is 11.1 Å². The van der Waals surface area contributed by atoms with Gasteiger partial charge in [0.2, 0.25) is 5.88 Å². The number of halogens is 1. The molecular formula is C28H25ClN6O4. The first-order valence-corrected chi connectivity index (χ1v) is 12.5. The van der Waals surface area contributed by atoms with Crippen molar-refractivity contribution in [3.05, 3.63) is 86.6 Å². The van der Waals surface area contributed by atoms with Gasteiger partial charge in [-0.05, 0) is 43.7 Å². The quantitative estimate of drug-likeness (QED) is 0.350. The zero-order valence-corrected chi connectivity index (χ0v) is 22.7. The molecule has 0 N–H and O–H groups in total. The second kappa shape index (κ2) is 9.93. The highest BCUT2D eigenvalue weighted by atomic mass is 35.5. The maximum absolute atomic E-state index is 14.1. The Balaban J connectivity index is 1.79. The lowest BCUT2D eigenvalue weighted by Gasteiger charge is -2.29. The zero-order valence-electron chi connectivity index (χ0n) is 22.0. The molecule has 11 heteroatoms. The summed E-state index contributed by atoms with van der Waals surface area (Å²) in [7, 11) is 4.57. The van der Waals surface area contributed by atoms with Crippen LogP contribution < -0.4 is 19.9 Å². The highest BCUT2D eigenvalue weighted by Crippen LogP contribution is 2.47. The fourth-order valence-electron chi connectivity index (χ4n) is 5.00. The average molecular weight is 545 g/mol. The average Bonchev–Trinajstić information content (AvgIpc) is 3.46. The van der Waals surface area contributed by atoms with Crippen LogP contribution in [-0.4, -0.2) is 39.2 Å². The summed E-state index contributed by atoms with van der Waals surface area (Å²) in [4.78, 5) is 36.7. The summed E-state index contributed by atoms with van der Waals surface area (Å²) in [6.45, 7) is 4.04. The van der Waals surface area contributed by atoms with E-state index in [1.165, 1.54) is 24.9 Å². The van der Waals surface area contributed by atoms with Crippen molar-refractivity contribution in [1.29, 1.82) is 5.26 Å². The first kappa shape index (κ1) is 26.0. The van der Waals surface area contributed by atoms with Crippen LogP contribution in [0.4, 0.5) is 5.69 Å². The first-order valence-electron chi connectivity index (χ1n) is 12.1. The van der Waals surface area contributed by atoms with Gasteiger partial charge in [0.05, 0.1) is 54.1 Å². The third-order valence-electron chi connectivity index (χ3n) is 6.70. The normalized spacial score (nSPS) is 14.5. The number of ether oxygens (including phenoxy) is 2. The van der Waals surface area contributed by atoms with Crippen molar-refractivity contribution in [3.63, 3.8) is 0 Å². The number of carbonyl (C=O) groups is 1. The molecule has 0 saturated heterocycles. The van der Waals surface area contributed by atoms with Crippen molar-refractivity contribution in [2.45, 2.75) is 25.9 Å². The molecule has 1 aromatic carbocycles. The number of anilines is 1. The van der Waals surface area contributed by atoms with Crippen LogP contribution in [0.15, 0.2) is 53.6 Å². The fraction of sp³-hybridized carbons (Fsp3) is 0.250. The van der Waals surface area contributed by atoms with E-state index in [1.54, 1.807) is 36.5 Å². The maximum atomic E-state index is 14.1. The topological polar surface area (TPSA) is 115 Å². The van der Waals surface area contributed by atoms with Gasteiger partial charge in [-0.2, -0.15) is 10.2 Å². The third kappa shape index (κ3) is 4.21. The van der Waals surface area contributed by atoms with Crippen LogP contribution in [-0.2, 0) is 7.05 Å². The predicted molar refractivity (Wildman–Crippen MR) is 145 cm³/mol. The molecule has 0 aliphatic carbocycles. The molecule has 1 aliphatic rings. The minimum atomic E-state index is -0.574. The Kier molecular flexibility index (Phi) is 6.62. The molecule has 10 nitrogen and oxygen atoms in total. The molecule has 0 fully saturated rings. The number of carbonyl (C=O) groups excluding carboxylic acids is 1. The monoisotopic (exact) mass is 544 g/mol. The van der Waals surface area contributed by atoms with Crippen LogP contribution in [0.5, 0.6) is 11.9 Å². The van der Waals surface area contributed by atoms with E-state index in [-0.39, 0.29) is 28.5 Å². The molecule has 0 bridgehead atoms. The number of pyridine rings is 1. The summed E-state index contributed by atoms with van der Waals surface area (Å²) >= 11 is 6.26. The van der Waals surface area contributed by atoms with E-state index in [0.29, 0.717) is 34.0 Å². The summed E-state index contributed by atoms with van der Waals surface area (Å²) in [5.74, 6) is 0.0483. The van der Waals surface area contributed by atoms with Gasteiger partial charge < -0.3 is 18.6 Å². The maximum Gasteiger partial charge on any atom is 0.319 e. The van der Waals surface area contributed by atoms with Crippen LogP contribution >= 0.6 is 11.6 Å². The van der Waals surface area contributed by atoms with Gasteiger partial charge in [0, 0.05) is 25.5 Å². The Morgan fingerprint density at radius 2 is 1.79 bits per heavy atom. The van der Waals surface area contributed by atoms with Gasteiger partial charge in [-0.1, -0.05) is 23.7 Å². The number of hydrogen-bond acceptors (Lipinski definition) is 7. The van der Waals surface area contributed by atoms with Crippen molar-refractivity contribution in [3.8, 4) is 29.2 Å². The summed E-state index contributed by atoms with van der Waals surface area (Å²) in [5.41, 5.74) is 3.94. The summed E-state index contributed by atoms with van der Waals surface area (Å²) in [6.07, 6.45) is 3.20. The summed E-state index contributed by atoms with van der Waals surface area (Å²) < 4.78 is 14.1. The van der Waals surface area contributed by atoms with Gasteiger partial charge in [-0.15, -0.1) is 0 Å². The molecule has 1 amide bonds. The second-order valence-electron chi connectivity index (χ2n) is 9.35. The van der Waals surface area contributed by atoms with E-state index in [4.69, 9.17) is 21.1 Å². The molecule has 0 radical (unpaired) electrons. The molecule has 198 valence electrons. The Hall–Kier alpha value is -4.62. The van der Waals surface area contributed by atoms with E-state index < -0.39 is 6.04 Å². The zero-order chi connectivity index (χ0) is 28.0. The standard InChI is InChI=1S/C28H25ClN6O4/c1-15(2)34-22(20-13-31-28(39-5)32-25(20)38-4)11-19-24(34)23(17-8-6-16(12-30)7-9-17)35(26(19)36)18-10-21(29)27(37)33(3)14-18/h6-11,13-15,23H,1-5H3/t23-/m1/s1. The number of hydrogen-bond donors (Lipinski definition) is 0. The number of rotatable bonds is 6. The van der Waals surface area contributed by atoms with Crippen LogP contribution in [0.3, 0.4) is 0 Å². The molecular weight excluding hydrogens is 520 g/mol. The molecule has 1 aliphatic heterocycles. The predicted octanol–water partition coefficient (Wildman–Crippen LogP) is 4.52. The Morgan fingerprint density at radius 3 is 2.38 bits per heavy atom. The third-order valence-corrected chi connectivity index (χ3v) is 6.97. The minimum Gasteiger partial charge on any atom is -0.480 e. The van der Waals surface area contributed by atoms with E-state index >= 15 is 0 Å². The summed E-state index contributed by atoms with van der Waals surface area (Å²) in [6, 6.07) is 12.1. The second-order valence-corrected chi connectivity index (χ2v) is 9.75. The lowest BCUT2D eigenvalue weighted by Crippen LogP contribution is -2.31. The number of nitriles is 1. The van der Waals surface area contributed by atoms with Crippen molar-refractivity contribution in [2.75, 3.05) is 19.1 Å². The van der Waals surface area contributed by atoms with E-state index in [9.17, 15) is 14.9 Å². The molecule has 4 heterocycles. The molecule has 0 unspecified atom stereocenters. The molecule has 4 aromatic rings. The SMILES string of the molecule is COc1ncc(-c2cc3c(n2C(C)C)[C@@H](c2ccc(C#N)cc2)N(c2cc(Cl)c(=O)n(C)c2)C3=O)c(OC)n1. The molecule has 0 spiro atoms. The van der Waals surface area contributed by atoms with Gasteiger partial charge in [0.15, 0.2) is 0 Å². The molecule has 0 saturated carbocycles.